The van der Waals surface area contributed by atoms with E-state index < -0.39 is 0 Å². The van der Waals surface area contributed by atoms with Crippen LogP contribution in [0.3, 0.4) is 0 Å². The first-order valence-corrected chi connectivity index (χ1v) is 9.11. The second kappa shape index (κ2) is 7.45. The number of carbonyl (C=O) groups is 1. The first kappa shape index (κ1) is 17.8. The molecule has 0 spiro atoms. The normalized spacial score (nSPS) is 10.7. The highest BCUT2D eigenvalue weighted by Gasteiger charge is 2.13. The van der Waals surface area contributed by atoms with Crippen LogP contribution in [0, 0.1) is 13.8 Å². The maximum absolute atomic E-state index is 12.3. The molecule has 3 aromatic rings. The van der Waals surface area contributed by atoms with Crippen molar-refractivity contribution in [2.75, 3.05) is 5.32 Å². The van der Waals surface area contributed by atoms with Crippen LogP contribution in [-0.4, -0.2) is 26.1 Å². The smallest absolute Gasteiger partial charge is 0.248 e. The maximum atomic E-state index is 12.3. The van der Waals surface area contributed by atoms with E-state index in [0.29, 0.717) is 11.5 Å². The number of aromatic nitrogens is 4. The van der Waals surface area contributed by atoms with Crippen molar-refractivity contribution < 1.29 is 4.79 Å². The molecule has 0 radical (unpaired) electrons. The Kier molecular flexibility index (Phi) is 5.29. The van der Waals surface area contributed by atoms with E-state index in [1.165, 1.54) is 4.80 Å². The quantitative estimate of drug-likeness (QED) is 0.630. The Morgan fingerprint density at radius 3 is 2.36 bits per heavy atom. The van der Waals surface area contributed by atoms with Gasteiger partial charge in [0.15, 0.2) is 0 Å². The van der Waals surface area contributed by atoms with Crippen molar-refractivity contribution in [2.45, 2.75) is 20.4 Å². The number of amides is 1. The number of hydrogen-bond donors (Lipinski definition) is 1. The molecule has 128 valence electrons. The maximum Gasteiger partial charge on any atom is 0.248 e. The first-order chi connectivity index (χ1) is 11.9. The van der Waals surface area contributed by atoms with Gasteiger partial charge in [0, 0.05) is 14.5 Å². The molecular formula is C17H15Br2N5O. The molecule has 0 aliphatic heterocycles. The van der Waals surface area contributed by atoms with Crippen molar-refractivity contribution in [3.63, 3.8) is 0 Å². The first-order valence-electron chi connectivity index (χ1n) is 7.53. The lowest BCUT2D eigenvalue weighted by Crippen LogP contribution is -2.21. The SMILES string of the molecule is Cc1ccc(-c2nnn(CC(=O)Nc3c(Br)cc(C)cc3Br)n2)cc1. The molecule has 0 unspecified atom stereocenters. The summed E-state index contributed by atoms with van der Waals surface area (Å²) in [5.41, 5.74) is 3.78. The number of tetrazole rings is 1. The fourth-order valence-corrected chi connectivity index (χ4v) is 3.87. The average molecular weight is 465 g/mol. The summed E-state index contributed by atoms with van der Waals surface area (Å²) >= 11 is 6.91. The van der Waals surface area contributed by atoms with Gasteiger partial charge in [-0.1, -0.05) is 29.8 Å². The molecule has 0 fully saturated rings. The third-order valence-electron chi connectivity index (χ3n) is 3.50. The highest BCUT2D eigenvalue weighted by Crippen LogP contribution is 2.32. The van der Waals surface area contributed by atoms with E-state index in [1.54, 1.807) is 0 Å². The van der Waals surface area contributed by atoms with Gasteiger partial charge in [-0.25, -0.2) is 0 Å². The molecule has 2 aromatic carbocycles. The van der Waals surface area contributed by atoms with Crippen LogP contribution in [0.4, 0.5) is 5.69 Å². The molecule has 1 aromatic heterocycles. The van der Waals surface area contributed by atoms with E-state index in [0.717, 1.165) is 25.6 Å². The fraction of sp³-hybridized carbons (Fsp3) is 0.176. The Bertz CT molecular complexity index is 898. The zero-order valence-electron chi connectivity index (χ0n) is 13.6. The molecule has 1 N–H and O–H groups in total. The lowest BCUT2D eigenvalue weighted by atomic mass is 10.1. The topological polar surface area (TPSA) is 72.7 Å². The number of benzene rings is 2. The van der Waals surface area contributed by atoms with Crippen molar-refractivity contribution in [2.24, 2.45) is 0 Å². The lowest BCUT2D eigenvalue weighted by Gasteiger charge is -2.10. The molecule has 0 aliphatic rings. The Balaban J connectivity index is 1.71. The zero-order valence-corrected chi connectivity index (χ0v) is 16.8. The molecule has 0 atom stereocenters. The fourth-order valence-electron chi connectivity index (χ4n) is 2.26. The Morgan fingerprint density at radius 2 is 1.72 bits per heavy atom. The third-order valence-corrected chi connectivity index (χ3v) is 4.75. The number of anilines is 1. The van der Waals surface area contributed by atoms with Gasteiger partial charge < -0.3 is 5.32 Å². The summed E-state index contributed by atoms with van der Waals surface area (Å²) < 4.78 is 1.61. The lowest BCUT2D eigenvalue weighted by molar-refractivity contribution is -0.117. The summed E-state index contributed by atoms with van der Waals surface area (Å²) in [6, 6.07) is 11.7. The molecule has 1 heterocycles. The van der Waals surface area contributed by atoms with Crippen LogP contribution in [0.1, 0.15) is 11.1 Å². The van der Waals surface area contributed by atoms with Gasteiger partial charge in [-0.05, 0) is 68.6 Å². The number of halogens is 2. The van der Waals surface area contributed by atoms with Crippen molar-refractivity contribution in [3.8, 4) is 11.4 Å². The van der Waals surface area contributed by atoms with Gasteiger partial charge in [0.2, 0.25) is 11.7 Å². The van der Waals surface area contributed by atoms with Gasteiger partial charge in [0.05, 0.1) is 5.69 Å². The molecule has 8 heteroatoms. The third kappa shape index (κ3) is 4.32. The van der Waals surface area contributed by atoms with Crippen molar-refractivity contribution >= 4 is 43.5 Å². The summed E-state index contributed by atoms with van der Waals surface area (Å²) in [5, 5.41) is 15.1. The Hall–Kier alpha value is -2.06. The second-order valence-corrected chi connectivity index (χ2v) is 7.37. The number of hydrogen-bond acceptors (Lipinski definition) is 4. The second-order valence-electron chi connectivity index (χ2n) is 5.66. The monoisotopic (exact) mass is 463 g/mol. The minimum Gasteiger partial charge on any atom is -0.322 e. The molecule has 0 saturated heterocycles. The number of nitrogens with one attached hydrogen (secondary N) is 1. The van der Waals surface area contributed by atoms with Gasteiger partial charge in [-0.2, -0.15) is 4.80 Å². The van der Waals surface area contributed by atoms with Crippen molar-refractivity contribution in [1.82, 2.24) is 20.2 Å². The van der Waals surface area contributed by atoms with Crippen LogP contribution in [0.5, 0.6) is 0 Å². The summed E-state index contributed by atoms with van der Waals surface area (Å²) in [7, 11) is 0. The van der Waals surface area contributed by atoms with E-state index in [-0.39, 0.29) is 12.5 Å². The summed E-state index contributed by atoms with van der Waals surface area (Å²) in [6.07, 6.45) is 0. The Labute approximate surface area is 161 Å². The van der Waals surface area contributed by atoms with E-state index in [1.807, 2.05) is 50.2 Å². The number of carbonyl (C=O) groups excluding carboxylic acids is 1. The van der Waals surface area contributed by atoms with Crippen LogP contribution in [0.25, 0.3) is 11.4 Å². The summed E-state index contributed by atoms with van der Waals surface area (Å²) in [5.74, 6) is 0.253. The number of aryl methyl sites for hydroxylation is 2. The number of rotatable bonds is 4. The van der Waals surface area contributed by atoms with E-state index in [2.05, 4.69) is 52.6 Å². The molecule has 6 nitrogen and oxygen atoms in total. The summed E-state index contributed by atoms with van der Waals surface area (Å²) in [4.78, 5) is 13.6. The van der Waals surface area contributed by atoms with E-state index in [9.17, 15) is 4.79 Å². The van der Waals surface area contributed by atoms with Crippen LogP contribution < -0.4 is 5.32 Å². The molecule has 0 bridgehead atoms. The predicted molar refractivity (Wildman–Crippen MR) is 103 cm³/mol. The van der Waals surface area contributed by atoms with Gasteiger partial charge in [0.1, 0.15) is 6.54 Å². The minimum atomic E-state index is -0.238. The highest BCUT2D eigenvalue weighted by atomic mass is 79.9. The Morgan fingerprint density at radius 1 is 1.08 bits per heavy atom. The molecule has 0 saturated carbocycles. The van der Waals surface area contributed by atoms with E-state index in [4.69, 9.17) is 0 Å². The molecule has 25 heavy (non-hydrogen) atoms. The molecule has 1 amide bonds. The van der Waals surface area contributed by atoms with Gasteiger partial charge >= 0.3 is 0 Å². The number of nitrogens with zero attached hydrogens (tertiary/aromatic N) is 4. The molecule has 3 rings (SSSR count). The van der Waals surface area contributed by atoms with Crippen LogP contribution in [0.15, 0.2) is 45.3 Å². The predicted octanol–water partition coefficient (Wildman–Crippen LogP) is 4.12. The minimum absolute atomic E-state index is 0.0222. The van der Waals surface area contributed by atoms with E-state index >= 15 is 0 Å². The average Bonchev–Trinajstić information content (AvgIpc) is 3.00. The molecule has 0 aliphatic carbocycles. The van der Waals surface area contributed by atoms with Gasteiger partial charge in [0.25, 0.3) is 0 Å². The van der Waals surface area contributed by atoms with Gasteiger partial charge in [-0.3, -0.25) is 4.79 Å². The summed E-state index contributed by atoms with van der Waals surface area (Å²) in [6.45, 7) is 3.97. The largest absolute Gasteiger partial charge is 0.322 e. The standard InChI is InChI=1S/C17H15Br2N5O/c1-10-3-5-12(6-4-10)17-21-23-24(22-17)9-15(25)20-16-13(18)7-11(2)8-14(16)19/h3-8H,9H2,1-2H3,(H,20,25). The zero-order chi connectivity index (χ0) is 18.0. The van der Waals surface area contributed by atoms with Crippen molar-refractivity contribution in [1.29, 1.82) is 0 Å². The van der Waals surface area contributed by atoms with Gasteiger partial charge in [-0.15, -0.1) is 10.2 Å². The van der Waals surface area contributed by atoms with Crippen LogP contribution >= 0.6 is 31.9 Å². The highest BCUT2D eigenvalue weighted by molar-refractivity contribution is 9.11. The van der Waals surface area contributed by atoms with Crippen LogP contribution in [0.2, 0.25) is 0 Å². The van der Waals surface area contributed by atoms with Crippen LogP contribution in [-0.2, 0) is 11.3 Å². The molecular weight excluding hydrogens is 450 g/mol. The van der Waals surface area contributed by atoms with Crippen molar-refractivity contribution in [3.05, 3.63) is 56.5 Å².